The van der Waals surface area contributed by atoms with Crippen molar-refractivity contribution in [3.8, 4) is 0 Å². The Labute approximate surface area is 237 Å². The molecule has 2 fully saturated rings. The number of aliphatic hydroxyl groups is 6. The highest BCUT2D eigenvalue weighted by molar-refractivity contribution is 5.65. The van der Waals surface area contributed by atoms with Crippen LogP contribution in [-0.4, -0.2) is 117 Å². The Kier molecular flexibility index (Phi) is 16.4. The van der Waals surface area contributed by atoms with Crippen molar-refractivity contribution in [2.24, 2.45) is 0 Å². The maximum atomic E-state index is 11.2. The van der Waals surface area contributed by atoms with Crippen molar-refractivity contribution in [1.29, 1.82) is 0 Å². The van der Waals surface area contributed by atoms with E-state index in [1.165, 1.54) is 51.9 Å². The molecule has 12 nitrogen and oxygen atoms in total. The van der Waals surface area contributed by atoms with Gasteiger partial charge in [-0.15, -0.1) is 0 Å². The van der Waals surface area contributed by atoms with Gasteiger partial charge in [-0.25, -0.2) is 0 Å². The highest BCUT2D eigenvalue weighted by Gasteiger charge is 2.51. The third kappa shape index (κ3) is 11.0. The molecule has 0 aromatic carbocycles. The summed E-state index contributed by atoms with van der Waals surface area (Å²) >= 11 is 0. The second-order valence-corrected chi connectivity index (χ2v) is 11.0. The minimum absolute atomic E-state index is 0.312. The molecule has 2 heterocycles. The van der Waals surface area contributed by atoms with Gasteiger partial charge in [0.15, 0.2) is 12.6 Å². The van der Waals surface area contributed by atoms with Gasteiger partial charge in [-0.3, -0.25) is 4.79 Å². The van der Waals surface area contributed by atoms with Crippen LogP contribution in [0.1, 0.15) is 91.4 Å². The van der Waals surface area contributed by atoms with Gasteiger partial charge in [0.1, 0.15) is 55.4 Å². The molecule has 236 valence electrons. The van der Waals surface area contributed by atoms with Crippen LogP contribution >= 0.6 is 0 Å². The molecule has 40 heavy (non-hydrogen) atoms. The topological polar surface area (TPSA) is 185 Å². The van der Waals surface area contributed by atoms with Gasteiger partial charge in [-0.1, -0.05) is 71.1 Å². The lowest BCUT2D eigenvalue weighted by Gasteiger charge is -2.46. The Bertz CT molecular complexity index is 696. The van der Waals surface area contributed by atoms with Crippen LogP contribution in [0.3, 0.4) is 0 Å². The molecule has 2 aliphatic heterocycles. The summed E-state index contributed by atoms with van der Waals surface area (Å²) in [5.74, 6) is -0.631. The third-order valence-corrected chi connectivity index (χ3v) is 7.57. The zero-order chi connectivity index (χ0) is 29.7. The van der Waals surface area contributed by atoms with Crippen molar-refractivity contribution in [2.75, 3.05) is 13.2 Å². The van der Waals surface area contributed by atoms with Crippen molar-refractivity contribution in [2.45, 2.75) is 159 Å². The summed E-state index contributed by atoms with van der Waals surface area (Å²) in [6.07, 6.45) is -2.25. The maximum Gasteiger partial charge on any atom is 0.302 e. The molecule has 0 aromatic rings. The Hall–Kier alpha value is -0.930. The van der Waals surface area contributed by atoms with E-state index < -0.39 is 80.6 Å². The van der Waals surface area contributed by atoms with Crippen LogP contribution in [0.2, 0.25) is 0 Å². The number of hydrogen-bond acceptors (Lipinski definition) is 12. The molecule has 2 saturated heterocycles. The molecule has 12 heteroatoms. The Morgan fingerprint density at radius 3 is 1.88 bits per heavy atom. The van der Waals surface area contributed by atoms with Crippen LogP contribution in [0, 0.1) is 0 Å². The van der Waals surface area contributed by atoms with E-state index in [-0.39, 0.29) is 6.10 Å². The highest BCUT2D eigenvalue weighted by Crippen LogP contribution is 2.31. The fourth-order valence-corrected chi connectivity index (χ4v) is 5.05. The fourth-order valence-electron chi connectivity index (χ4n) is 5.05. The van der Waals surface area contributed by atoms with E-state index >= 15 is 0 Å². The second-order valence-electron chi connectivity index (χ2n) is 11.0. The summed E-state index contributed by atoms with van der Waals surface area (Å²) < 4.78 is 27.9. The first-order chi connectivity index (χ1) is 19.1. The van der Waals surface area contributed by atoms with Gasteiger partial charge < -0.3 is 54.3 Å². The van der Waals surface area contributed by atoms with Crippen LogP contribution in [-0.2, 0) is 28.5 Å². The summed E-state index contributed by atoms with van der Waals surface area (Å²) in [6.45, 7) is 4.25. The number of carbonyl (C=O) groups excluding carboxylic acids is 1. The number of unbranched alkanes of at least 4 members (excludes halogenated alkanes) is 9. The Morgan fingerprint density at radius 1 is 0.750 bits per heavy atom. The average molecular weight is 581 g/mol. The number of hydrogen-bond donors (Lipinski definition) is 6. The third-order valence-electron chi connectivity index (χ3n) is 7.57. The van der Waals surface area contributed by atoms with Crippen molar-refractivity contribution in [3.63, 3.8) is 0 Å². The molecular formula is C28H52O12. The lowest BCUT2D eigenvalue weighted by molar-refractivity contribution is -0.371. The highest BCUT2D eigenvalue weighted by atomic mass is 16.8. The zero-order valence-corrected chi connectivity index (χ0v) is 24.2. The normalized spacial score (nSPS) is 35.4. The molecular weight excluding hydrogens is 528 g/mol. The van der Waals surface area contributed by atoms with Gasteiger partial charge in [0.25, 0.3) is 0 Å². The SMILES string of the molecule is CCCCCCCCCCCC[C@@H](C)O[C@@H]1O[C@H](CO)[C@@H](O)[C@H](O)[C@H]1O[C@@H]1O[C@H](COC(C)=O)[C@@H](O)[C@H](O)[C@H]1O. The van der Waals surface area contributed by atoms with Gasteiger partial charge in [-0.05, 0) is 13.3 Å². The molecule has 2 rings (SSSR count). The molecule has 0 radical (unpaired) electrons. The summed E-state index contributed by atoms with van der Waals surface area (Å²) in [7, 11) is 0. The number of rotatable bonds is 18. The van der Waals surface area contributed by atoms with Crippen LogP contribution < -0.4 is 0 Å². The number of aliphatic hydroxyl groups excluding tert-OH is 6. The first-order valence-corrected chi connectivity index (χ1v) is 14.9. The van der Waals surface area contributed by atoms with E-state index in [0.717, 1.165) is 19.3 Å². The van der Waals surface area contributed by atoms with Gasteiger partial charge >= 0.3 is 5.97 Å². The quantitative estimate of drug-likeness (QED) is 0.0996. The average Bonchev–Trinajstić information content (AvgIpc) is 2.92. The number of carbonyl (C=O) groups is 1. The van der Waals surface area contributed by atoms with Gasteiger partial charge in [-0.2, -0.15) is 0 Å². The zero-order valence-electron chi connectivity index (χ0n) is 24.2. The minimum Gasteiger partial charge on any atom is -0.463 e. The monoisotopic (exact) mass is 580 g/mol. The Morgan fingerprint density at radius 2 is 1.30 bits per heavy atom. The molecule has 0 aromatic heterocycles. The summed E-state index contributed by atoms with van der Waals surface area (Å²) in [5, 5.41) is 61.9. The smallest absolute Gasteiger partial charge is 0.302 e. The van der Waals surface area contributed by atoms with Crippen LogP contribution in [0.25, 0.3) is 0 Å². The summed E-state index contributed by atoms with van der Waals surface area (Å²) in [4.78, 5) is 11.2. The lowest BCUT2D eigenvalue weighted by atomic mass is 9.97. The van der Waals surface area contributed by atoms with Crippen LogP contribution in [0.4, 0.5) is 0 Å². The van der Waals surface area contributed by atoms with Crippen molar-refractivity contribution < 1.29 is 59.1 Å². The largest absolute Gasteiger partial charge is 0.463 e. The molecule has 0 unspecified atom stereocenters. The van der Waals surface area contributed by atoms with Gasteiger partial charge in [0, 0.05) is 6.92 Å². The van der Waals surface area contributed by atoms with Crippen molar-refractivity contribution >= 4 is 5.97 Å². The van der Waals surface area contributed by atoms with Crippen molar-refractivity contribution in [3.05, 3.63) is 0 Å². The molecule has 0 spiro atoms. The molecule has 0 bridgehead atoms. The fraction of sp³-hybridized carbons (Fsp3) is 0.964. The molecule has 0 amide bonds. The predicted octanol–water partition coefficient (Wildman–Crippen LogP) is 0.897. The second kappa shape index (κ2) is 18.6. The van der Waals surface area contributed by atoms with Gasteiger partial charge in [0.2, 0.25) is 0 Å². The first-order valence-electron chi connectivity index (χ1n) is 14.9. The lowest BCUT2D eigenvalue weighted by Crippen LogP contribution is -2.65. The van der Waals surface area contributed by atoms with Crippen LogP contribution in [0.15, 0.2) is 0 Å². The van der Waals surface area contributed by atoms with Crippen LogP contribution in [0.5, 0.6) is 0 Å². The standard InChI is InChI=1S/C28H52O12/c1-4-5-6-7-8-9-10-11-12-13-14-17(2)37-28-26(24(34)21(31)19(15-29)38-28)40-27-25(35)23(33)22(32)20(39-27)16-36-18(3)30/h17,19-29,31-35H,4-16H2,1-3H3/t17-,19-,20-,21-,22-,23+,24+,25-,26-,27+,28-/m1/s1. The van der Waals surface area contributed by atoms with E-state index in [4.69, 9.17) is 23.7 Å². The molecule has 11 atom stereocenters. The molecule has 0 saturated carbocycles. The molecule has 0 aliphatic carbocycles. The molecule has 6 N–H and O–H groups in total. The molecule has 2 aliphatic rings. The predicted molar refractivity (Wildman–Crippen MR) is 143 cm³/mol. The minimum atomic E-state index is -1.73. The van der Waals surface area contributed by atoms with E-state index in [1.54, 1.807) is 0 Å². The van der Waals surface area contributed by atoms with Gasteiger partial charge in [0.05, 0.1) is 12.7 Å². The van der Waals surface area contributed by atoms with E-state index in [0.29, 0.717) is 6.42 Å². The number of esters is 1. The maximum absolute atomic E-state index is 11.2. The summed E-state index contributed by atoms with van der Waals surface area (Å²) in [5.41, 5.74) is 0. The summed E-state index contributed by atoms with van der Waals surface area (Å²) in [6, 6.07) is 0. The van der Waals surface area contributed by atoms with E-state index in [2.05, 4.69) is 6.92 Å². The van der Waals surface area contributed by atoms with Crippen molar-refractivity contribution in [1.82, 2.24) is 0 Å². The van der Waals surface area contributed by atoms with E-state index in [9.17, 15) is 35.4 Å². The first kappa shape index (κ1) is 35.3. The van der Waals surface area contributed by atoms with E-state index in [1.807, 2.05) is 6.92 Å². The number of ether oxygens (including phenoxy) is 5. The Balaban J connectivity index is 1.92.